The maximum absolute atomic E-state index is 11.9. The van der Waals surface area contributed by atoms with Crippen LogP contribution in [0.15, 0.2) is 23.8 Å². The average molecular weight is 436 g/mol. The van der Waals surface area contributed by atoms with Gasteiger partial charge in [0, 0.05) is 24.8 Å². The highest BCUT2D eigenvalue weighted by atomic mass is 32.2. The van der Waals surface area contributed by atoms with Crippen molar-refractivity contribution in [2.75, 3.05) is 6.54 Å². The van der Waals surface area contributed by atoms with Crippen molar-refractivity contribution in [1.29, 1.82) is 5.26 Å². The van der Waals surface area contributed by atoms with Gasteiger partial charge in [0.05, 0.1) is 10.8 Å². The quantitative estimate of drug-likeness (QED) is 0.512. The van der Waals surface area contributed by atoms with Crippen molar-refractivity contribution in [2.45, 2.75) is 65.0 Å². The Balaban J connectivity index is 3.12. The second kappa shape index (κ2) is 11.1. The van der Waals surface area contributed by atoms with E-state index < -0.39 is 21.2 Å². The minimum Gasteiger partial charge on any atom is -0.477 e. The van der Waals surface area contributed by atoms with Crippen molar-refractivity contribution < 1.29 is 18.3 Å². The minimum absolute atomic E-state index is 0.154. The highest BCUT2D eigenvalue weighted by molar-refractivity contribution is 7.90. The Bertz CT molecular complexity index is 963. The van der Waals surface area contributed by atoms with Crippen LogP contribution in [0, 0.1) is 11.3 Å². The maximum atomic E-state index is 11.9. The van der Waals surface area contributed by atoms with Crippen molar-refractivity contribution >= 4 is 16.0 Å². The summed E-state index contributed by atoms with van der Waals surface area (Å²) in [4.78, 5) is 11.9. The largest absolute Gasteiger partial charge is 0.477 e. The highest BCUT2D eigenvalue weighted by Gasteiger charge is 2.27. The summed E-state index contributed by atoms with van der Waals surface area (Å²) in [6.45, 7) is 9.25. The molecule has 0 aliphatic heterocycles. The fraction of sp³-hybridized carbons (Fsp3) is 0.545. The number of carboxylic acids is 1. The van der Waals surface area contributed by atoms with Gasteiger partial charge in [0.2, 0.25) is 10.0 Å². The number of rotatable bonds is 11. The standard InChI is InChI=1S/C22H33N3O4S/c1-7-9-17(12-13-24-30(28,29)15(3)4)11-10-16(5)20-18(14-23)19(8-2)25(6)21(20)22(26)27/h7,9,11,15-16,24H,8,10,12-13H2,1-6H3,(H,26,27)/b9-7-,17-11+. The molecule has 0 spiro atoms. The van der Waals surface area contributed by atoms with Gasteiger partial charge >= 0.3 is 5.97 Å². The van der Waals surface area contributed by atoms with E-state index in [0.29, 0.717) is 36.9 Å². The molecule has 1 atom stereocenters. The number of allylic oxidation sites excluding steroid dienone is 3. The molecule has 0 fully saturated rings. The Labute approximate surface area is 180 Å². The Hall–Kier alpha value is -2.37. The SMILES string of the molecule is C/C=C\C(=C/CC(C)c1c(C#N)c(CC)n(C)c1C(=O)O)CCNS(=O)(=O)C(C)C. The number of aromatic nitrogens is 1. The number of nitriles is 1. The Morgan fingerprint density at radius 2 is 1.97 bits per heavy atom. The fourth-order valence-corrected chi connectivity index (χ4v) is 4.17. The molecule has 0 amide bonds. The Morgan fingerprint density at radius 1 is 1.33 bits per heavy atom. The predicted octanol–water partition coefficient (Wildman–Crippen LogP) is 3.87. The number of carboxylic acid groups (broad SMARTS) is 1. The molecule has 166 valence electrons. The molecule has 0 aromatic carbocycles. The van der Waals surface area contributed by atoms with Crippen LogP contribution in [0.3, 0.4) is 0 Å². The Morgan fingerprint density at radius 3 is 2.43 bits per heavy atom. The molecule has 0 saturated heterocycles. The van der Waals surface area contributed by atoms with Crippen LogP contribution < -0.4 is 4.72 Å². The molecule has 2 N–H and O–H groups in total. The first kappa shape index (κ1) is 25.7. The second-order valence-electron chi connectivity index (χ2n) is 7.57. The monoisotopic (exact) mass is 435 g/mol. The molecule has 8 heteroatoms. The molecule has 1 heterocycles. The van der Waals surface area contributed by atoms with E-state index in [-0.39, 0.29) is 11.6 Å². The van der Waals surface area contributed by atoms with Gasteiger partial charge in [0.1, 0.15) is 11.8 Å². The molecule has 1 aromatic rings. The van der Waals surface area contributed by atoms with Gasteiger partial charge in [-0.1, -0.05) is 37.6 Å². The van der Waals surface area contributed by atoms with Crippen LogP contribution in [-0.2, 0) is 23.5 Å². The van der Waals surface area contributed by atoms with Gasteiger partial charge in [0.25, 0.3) is 0 Å². The van der Waals surface area contributed by atoms with Crippen LogP contribution in [0.4, 0.5) is 0 Å². The number of nitrogens with zero attached hydrogens (tertiary/aromatic N) is 2. The zero-order chi connectivity index (χ0) is 23.1. The van der Waals surface area contributed by atoms with Gasteiger partial charge < -0.3 is 9.67 Å². The van der Waals surface area contributed by atoms with E-state index in [2.05, 4.69) is 10.8 Å². The van der Waals surface area contributed by atoms with Crippen molar-refractivity contribution in [1.82, 2.24) is 9.29 Å². The van der Waals surface area contributed by atoms with Gasteiger partial charge in [0.15, 0.2) is 0 Å². The first-order valence-electron chi connectivity index (χ1n) is 10.2. The molecule has 1 unspecified atom stereocenters. The number of sulfonamides is 1. The van der Waals surface area contributed by atoms with Crippen LogP contribution >= 0.6 is 0 Å². The van der Waals surface area contributed by atoms with E-state index in [1.54, 1.807) is 25.5 Å². The summed E-state index contributed by atoms with van der Waals surface area (Å²) < 4.78 is 28.0. The van der Waals surface area contributed by atoms with Crippen molar-refractivity contribution in [2.24, 2.45) is 7.05 Å². The van der Waals surface area contributed by atoms with Crippen molar-refractivity contribution in [3.05, 3.63) is 46.3 Å². The molecule has 0 saturated carbocycles. The maximum Gasteiger partial charge on any atom is 0.352 e. The lowest BCUT2D eigenvalue weighted by atomic mass is 9.92. The van der Waals surface area contributed by atoms with E-state index >= 15 is 0 Å². The molecule has 1 rings (SSSR count). The average Bonchev–Trinajstić information content (AvgIpc) is 2.97. The number of nitrogens with one attached hydrogen (secondary N) is 1. The summed E-state index contributed by atoms with van der Waals surface area (Å²) in [6.07, 6.45) is 7.42. The zero-order valence-electron chi connectivity index (χ0n) is 18.7. The minimum atomic E-state index is -3.32. The van der Waals surface area contributed by atoms with Crippen molar-refractivity contribution in [3.63, 3.8) is 0 Å². The third kappa shape index (κ3) is 6.07. The smallest absolute Gasteiger partial charge is 0.352 e. The van der Waals surface area contributed by atoms with E-state index in [4.69, 9.17) is 0 Å². The molecule has 0 aliphatic rings. The van der Waals surface area contributed by atoms with E-state index in [0.717, 1.165) is 11.3 Å². The van der Waals surface area contributed by atoms with Gasteiger partial charge in [-0.2, -0.15) is 5.26 Å². The third-order valence-electron chi connectivity index (χ3n) is 5.15. The lowest BCUT2D eigenvalue weighted by Gasteiger charge is -2.13. The van der Waals surface area contributed by atoms with Crippen LogP contribution in [-0.4, -0.2) is 35.9 Å². The lowest BCUT2D eigenvalue weighted by molar-refractivity contribution is 0.0684. The normalized spacial score (nSPS) is 13.7. The summed E-state index contributed by atoms with van der Waals surface area (Å²) in [6, 6.07) is 2.19. The fourth-order valence-electron chi connectivity index (χ4n) is 3.45. The van der Waals surface area contributed by atoms with E-state index in [1.807, 2.05) is 39.0 Å². The summed E-state index contributed by atoms with van der Waals surface area (Å²) in [7, 11) is -1.64. The lowest BCUT2D eigenvalue weighted by Crippen LogP contribution is -2.31. The van der Waals surface area contributed by atoms with Crippen LogP contribution in [0.2, 0.25) is 0 Å². The number of carbonyl (C=O) groups is 1. The van der Waals surface area contributed by atoms with Gasteiger partial charge in [-0.05, 0) is 46.0 Å². The van der Waals surface area contributed by atoms with Crippen LogP contribution in [0.1, 0.15) is 80.7 Å². The molecule has 30 heavy (non-hydrogen) atoms. The van der Waals surface area contributed by atoms with E-state index in [1.165, 1.54) is 0 Å². The molecule has 0 radical (unpaired) electrons. The van der Waals surface area contributed by atoms with E-state index in [9.17, 15) is 23.6 Å². The van der Waals surface area contributed by atoms with Gasteiger partial charge in [-0.25, -0.2) is 17.9 Å². The molecule has 7 nitrogen and oxygen atoms in total. The first-order chi connectivity index (χ1) is 14.0. The van der Waals surface area contributed by atoms with Gasteiger partial charge in [-0.15, -0.1) is 0 Å². The predicted molar refractivity (Wildman–Crippen MR) is 119 cm³/mol. The summed E-state index contributed by atoms with van der Waals surface area (Å²) in [5, 5.41) is 18.9. The molecular formula is C22H33N3O4S. The molecular weight excluding hydrogens is 402 g/mol. The third-order valence-corrected chi connectivity index (χ3v) is 6.99. The second-order valence-corrected chi connectivity index (χ2v) is 9.89. The summed E-state index contributed by atoms with van der Waals surface area (Å²) >= 11 is 0. The number of hydrogen-bond acceptors (Lipinski definition) is 4. The van der Waals surface area contributed by atoms with Gasteiger partial charge in [-0.3, -0.25) is 0 Å². The zero-order valence-corrected chi connectivity index (χ0v) is 19.5. The van der Waals surface area contributed by atoms with Crippen molar-refractivity contribution in [3.8, 4) is 6.07 Å². The molecule has 0 aliphatic carbocycles. The molecule has 0 bridgehead atoms. The Kier molecular flexibility index (Phi) is 9.53. The first-order valence-corrected chi connectivity index (χ1v) is 11.7. The number of hydrogen-bond donors (Lipinski definition) is 2. The summed E-state index contributed by atoms with van der Waals surface area (Å²) in [5.74, 6) is -1.22. The van der Waals surface area contributed by atoms with Crippen LogP contribution in [0.5, 0.6) is 0 Å². The van der Waals surface area contributed by atoms with Crippen LogP contribution in [0.25, 0.3) is 0 Å². The highest BCUT2D eigenvalue weighted by Crippen LogP contribution is 2.32. The summed E-state index contributed by atoms with van der Waals surface area (Å²) in [5.41, 5.74) is 2.83. The molecule has 1 aromatic heterocycles. The number of aromatic carboxylic acids is 1. The topological polar surface area (TPSA) is 112 Å².